The molecule has 3 atom stereocenters. The summed E-state index contributed by atoms with van der Waals surface area (Å²) < 4.78 is 5.64. The van der Waals surface area contributed by atoms with Crippen molar-refractivity contribution in [3.63, 3.8) is 0 Å². The second-order valence-corrected chi connectivity index (χ2v) is 6.60. The quantitative estimate of drug-likeness (QED) is 0.879. The fourth-order valence-corrected chi connectivity index (χ4v) is 2.81. The number of nitrogens with one attached hydrogen (secondary N) is 2. The van der Waals surface area contributed by atoms with Crippen molar-refractivity contribution >= 4 is 5.91 Å². The van der Waals surface area contributed by atoms with Gasteiger partial charge >= 0.3 is 0 Å². The van der Waals surface area contributed by atoms with Crippen LogP contribution in [0, 0.1) is 5.92 Å². The predicted octanol–water partition coefficient (Wildman–Crippen LogP) is 3.04. The molecule has 2 rings (SSSR count). The number of hydrogen-bond donors (Lipinski definition) is 2. The Morgan fingerprint density at radius 2 is 1.95 bits per heavy atom. The van der Waals surface area contributed by atoms with Crippen LogP contribution in [0.4, 0.5) is 0 Å². The smallest absolute Gasteiger partial charge is 0.237 e. The molecule has 4 nitrogen and oxygen atoms in total. The molecule has 0 spiro atoms. The Morgan fingerprint density at radius 1 is 1.27 bits per heavy atom. The van der Waals surface area contributed by atoms with Crippen LogP contribution in [0.3, 0.4) is 0 Å². The number of carbonyl (C=O) groups excluding carboxylic acids is 1. The minimum atomic E-state index is -0.0604. The van der Waals surface area contributed by atoms with Crippen molar-refractivity contribution < 1.29 is 9.53 Å². The van der Waals surface area contributed by atoms with E-state index in [4.69, 9.17) is 4.74 Å². The summed E-state index contributed by atoms with van der Waals surface area (Å²) in [5.41, 5.74) is 1.09. The lowest BCUT2D eigenvalue weighted by atomic mass is 9.93. The highest BCUT2D eigenvalue weighted by Gasteiger charge is 2.25. The SMILES string of the molecule is CC1CCNC(C(=O)NC(C)c2ccc(OC(C)C)cc2)C1. The van der Waals surface area contributed by atoms with Crippen LogP contribution in [0.5, 0.6) is 5.75 Å². The van der Waals surface area contributed by atoms with Crippen molar-refractivity contribution in [3.8, 4) is 5.75 Å². The summed E-state index contributed by atoms with van der Waals surface area (Å²) in [6.45, 7) is 9.17. The molecule has 1 aromatic rings. The van der Waals surface area contributed by atoms with Gasteiger partial charge in [-0.1, -0.05) is 19.1 Å². The summed E-state index contributed by atoms with van der Waals surface area (Å²) in [5, 5.41) is 6.41. The van der Waals surface area contributed by atoms with E-state index >= 15 is 0 Å². The van der Waals surface area contributed by atoms with Crippen molar-refractivity contribution in [2.24, 2.45) is 5.92 Å². The van der Waals surface area contributed by atoms with Crippen molar-refractivity contribution in [2.45, 2.75) is 58.7 Å². The van der Waals surface area contributed by atoms with Crippen LogP contribution < -0.4 is 15.4 Å². The average Bonchev–Trinajstić information content (AvgIpc) is 2.47. The topological polar surface area (TPSA) is 50.4 Å². The Labute approximate surface area is 133 Å². The first-order valence-electron chi connectivity index (χ1n) is 8.26. The lowest BCUT2D eigenvalue weighted by Crippen LogP contribution is -2.48. The Balaban J connectivity index is 1.90. The number of rotatable bonds is 5. The third-order valence-electron chi connectivity index (χ3n) is 4.09. The van der Waals surface area contributed by atoms with Gasteiger partial charge in [-0.3, -0.25) is 4.79 Å². The molecule has 3 unspecified atom stereocenters. The molecular weight excluding hydrogens is 276 g/mol. The number of benzene rings is 1. The third kappa shape index (κ3) is 4.73. The van der Waals surface area contributed by atoms with Crippen LogP contribution in [0.15, 0.2) is 24.3 Å². The maximum Gasteiger partial charge on any atom is 0.237 e. The van der Waals surface area contributed by atoms with Gasteiger partial charge < -0.3 is 15.4 Å². The Kier molecular flexibility index (Phi) is 5.83. The molecule has 1 aliphatic heterocycles. The molecule has 2 N–H and O–H groups in total. The lowest BCUT2D eigenvalue weighted by molar-refractivity contribution is -0.124. The van der Waals surface area contributed by atoms with Crippen molar-refractivity contribution in [3.05, 3.63) is 29.8 Å². The van der Waals surface area contributed by atoms with E-state index in [0.717, 1.165) is 30.7 Å². The Hall–Kier alpha value is -1.55. The maximum absolute atomic E-state index is 12.3. The number of hydrogen-bond acceptors (Lipinski definition) is 3. The number of piperidine rings is 1. The monoisotopic (exact) mass is 304 g/mol. The van der Waals surface area contributed by atoms with Gasteiger partial charge in [-0.15, -0.1) is 0 Å². The first kappa shape index (κ1) is 16.8. The molecule has 4 heteroatoms. The summed E-state index contributed by atoms with van der Waals surface area (Å²) in [6, 6.07) is 7.88. The lowest BCUT2D eigenvalue weighted by Gasteiger charge is -2.28. The summed E-state index contributed by atoms with van der Waals surface area (Å²) in [6.07, 6.45) is 2.23. The summed E-state index contributed by atoms with van der Waals surface area (Å²) >= 11 is 0. The van der Waals surface area contributed by atoms with Gasteiger partial charge in [0.1, 0.15) is 5.75 Å². The molecule has 1 amide bonds. The van der Waals surface area contributed by atoms with Crippen molar-refractivity contribution in [1.82, 2.24) is 10.6 Å². The molecule has 1 fully saturated rings. The molecule has 1 saturated heterocycles. The van der Waals surface area contributed by atoms with Crippen LogP contribution >= 0.6 is 0 Å². The van der Waals surface area contributed by atoms with Crippen molar-refractivity contribution in [2.75, 3.05) is 6.54 Å². The Morgan fingerprint density at radius 3 is 2.55 bits per heavy atom. The minimum Gasteiger partial charge on any atom is -0.491 e. The summed E-state index contributed by atoms with van der Waals surface area (Å²) in [7, 11) is 0. The molecule has 0 radical (unpaired) electrons. The molecule has 1 aliphatic rings. The number of ether oxygens (including phenoxy) is 1. The first-order chi connectivity index (χ1) is 10.5. The number of amides is 1. The zero-order chi connectivity index (χ0) is 16.1. The van der Waals surface area contributed by atoms with E-state index < -0.39 is 0 Å². The standard InChI is InChI=1S/C18H28N2O2/c1-12(2)22-16-7-5-15(6-8-16)14(4)20-18(21)17-11-13(3)9-10-19-17/h5-8,12-14,17,19H,9-11H2,1-4H3,(H,20,21). The molecule has 0 aromatic heterocycles. The Bertz CT molecular complexity index is 484. The molecule has 122 valence electrons. The van der Waals surface area contributed by atoms with Gasteiger partial charge in [0.15, 0.2) is 0 Å². The van der Waals surface area contributed by atoms with Gasteiger partial charge in [-0.25, -0.2) is 0 Å². The average molecular weight is 304 g/mol. The van der Waals surface area contributed by atoms with Crippen LogP contribution in [-0.4, -0.2) is 24.6 Å². The molecule has 0 saturated carbocycles. The van der Waals surface area contributed by atoms with Gasteiger partial charge in [0, 0.05) is 0 Å². The zero-order valence-electron chi connectivity index (χ0n) is 14.1. The van der Waals surface area contributed by atoms with Crippen LogP contribution in [0.25, 0.3) is 0 Å². The van der Waals surface area contributed by atoms with E-state index in [1.54, 1.807) is 0 Å². The summed E-state index contributed by atoms with van der Waals surface area (Å²) in [5.74, 6) is 1.57. The van der Waals surface area contributed by atoms with Gasteiger partial charge in [0.25, 0.3) is 0 Å². The fourth-order valence-electron chi connectivity index (χ4n) is 2.81. The normalized spacial score (nSPS) is 23.1. The third-order valence-corrected chi connectivity index (χ3v) is 4.09. The van der Waals surface area contributed by atoms with E-state index in [0.29, 0.717) is 5.92 Å². The van der Waals surface area contributed by atoms with E-state index in [1.807, 2.05) is 45.0 Å². The molecule has 0 aliphatic carbocycles. The van der Waals surface area contributed by atoms with Gasteiger partial charge in [-0.2, -0.15) is 0 Å². The molecular formula is C18H28N2O2. The van der Waals surface area contributed by atoms with E-state index in [9.17, 15) is 4.79 Å². The maximum atomic E-state index is 12.3. The van der Waals surface area contributed by atoms with Crippen LogP contribution in [-0.2, 0) is 4.79 Å². The molecule has 1 heterocycles. The van der Waals surface area contributed by atoms with Gasteiger partial charge in [-0.05, 0) is 63.8 Å². The molecule has 1 aromatic carbocycles. The summed E-state index contributed by atoms with van der Waals surface area (Å²) in [4.78, 5) is 12.3. The minimum absolute atomic E-state index is 0.000340. The highest BCUT2D eigenvalue weighted by molar-refractivity contribution is 5.82. The second kappa shape index (κ2) is 7.63. The molecule has 22 heavy (non-hydrogen) atoms. The largest absolute Gasteiger partial charge is 0.491 e. The van der Waals surface area contributed by atoms with Crippen LogP contribution in [0.2, 0.25) is 0 Å². The predicted molar refractivity (Wildman–Crippen MR) is 89.0 cm³/mol. The second-order valence-electron chi connectivity index (χ2n) is 6.60. The highest BCUT2D eigenvalue weighted by atomic mass is 16.5. The van der Waals surface area contributed by atoms with Crippen LogP contribution in [0.1, 0.15) is 52.1 Å². The van der Waals surface area contributed by atoms with Gasteiger partial charge in [0.05, 0.1) is 18.2 Å². The highest BCUT2D eigenvalue weighted by Crippen LogP contribution is 2.20. The van der Waals surface area contributed by atoms with E-state index in [-0.39, 0.29) is 24.1 Å². The fraction of sp³-hybridized carbons (Fsp3) is 0.611. The van der Waals surface area contributed by atoms with E-state index in [2.05, 4.69) is 17.6 Å². The first-order valence-corrected chi connectivity index (χ1v) is 8.26. The molecule has 0 bridgehead atoms. The number of carbonyl (C=O) groups is 1. The van der Waals surface area contributed by atoms with Gasteiger partial charge in [0.2, 0.25) is 5.91 Å². The zero-order valence-corrected chi connectivity index (χ0v) is 14.1. The van der Waals surface area contributed by atoms with Crippen molar-refractivity contribution in [1.29, 1.82) is 0 Å². The van der Waals surface area contributed by atoms with E-state index in [1.165, 1.54) is 0 Å².